The van der Waals surface area contributed by atoms with Gasteiger partial charge in [-0.3, -0.25) is 9.48 Å². The summed E-state index contributed by atoms with van der Waals surface area (Å²) in [5.41, 5.74) is 2.87. The number of carbonyl (C=O) groups excluding carboxylic acids is 2. The van der Waals surface area contributed by atoms with Gasteiger partial charge in [0.25, 0.3) is 5.91 Å². The van der Waals surface area contributed by atoms with Crippen LogP contribution in [0.2, 0.25) is 0 Å². The van der Waals surface area contributed by atoms with Gasteiger partial charge < -0.3 is 10.1 Å². The second kappa shape index (κ2) is 7.39. The van der Waals surface area contributed by atoms with E-state index in [1.54, 1.807) is 17.7 Å². The van der Waals surface area contributed by atoms with E-state index < -0.39 is 0 Å². The SMILES string of the molecule is CCOC(=O)c1c(NC(=O)c2cc(C)n(CC)n2)sc2c1CCCC2. The second-order valence-corrected chi connectivity index (χ2v) is 7.18. The Hall–Kier alpha value is -2.15. The van der Waals surface area contributed by atoms with Crippen molar-refractivity contribution < 1.29 is 14.3 Å². The van der Waals surface area contributed by atoms with Crippen molar-refractivity contribution in [1.29, 1.82) is 0 Å². The minimum atomic E-state index is -0.354. The summed E-state index contributed by atoms with van der Waals surface area (Å²) in [5.74, 6) is -0.646. The van der Waals surface area contributed by atoms with Crippen molar-refractivity contribution >= 4 is 28.2 Å². The fourth-order valence-corrected chi connectivity index (χ4v) is 4.45. The fourth-order valence-electron chi connectivity index (χ4n) is 3.18. The minimum absolute atomic E-state index is 0.292. The Balaban J connectivity index is 1.91. The number of aromatic nitrogens is 2. The van der Waals surface area contributed by atoms with E-state index in [2.05, 4.69) is 10.4 Å². The molecule has 2 heterocycles. The van der Waals surface area contributed by atoms with Gasteiger partial charge in [-0.1, -0.05) is 0 Å². The van der Waals surface area contributed by atoms with E-state index in [1.807, 2.05) is 13.8 Å². The van der Waals surface area contributed by atoms with E-state index in [0.717, 1.165) is 36.9 Å². The minimum Gasteiger partial charge on any atom is -0.462 e. The lowest BCUT2D eigenvalue weighted by Gasteiger charge is -2.12. The molecule has 0 aromatic carbocycles. The predicted octanol–water partition coefficient (Wildman–Crippen LogP) is 3.58. The molecule has 2 aromatic heterocycles. The Morgan fingerprint density at radius 2 is 2.08 bits per heavy atom. The maximum Gasteiger partial charge on any atom is 0.341 e. The molecule has 0 bridgehead atoms. The Morgan fingerprint density at radius 3 is 2.76 bits per heavy atom. The number of anilines is 1. The van der Waals surface area contributed by atoms with Crippen LogP contribution in [-0.4, -0.2) is 28.3 Å². The molecule has 0 aliphatic heterocycles. The van der Waals surface area contributed by atoms with Gasteiger partial charge in [0, 0.05) is 17.1 Å². The first-order chi connectivity index (χ1) is 12.0. The molecule has 1 aliphatic rings. The summed E-state index contributed by atoms with van der Waals surface area (Å²) in [6.45, 7) is 6.71. The van der Waals surface area contributed by atoms with Crippen LogP contribution < -0.4 is 5.32 Å². The van der Waals surface area contributed by atoms with Crippen molar-refractivity contribution in [3.8, 4) is 0 Å². The number of amides is 1. The van der Waals surface area contributed by atoms with Crippen molar-refractivity contribution in [2.24, 2.45) is 0 Å². The number of rotatable bonds is 5. The number of nitrogens with one attached hydrogen (secondary N) is 1. The maximum atomic E-state index is 12.6. The van der Waals surface area contributed by atoms with Gasteiger partial charge in [-0.25, -0.2) is 4.79 Å². The van der Waals surface area contributed by atoms with Crippen molar-refractivity contribution in [1.82, 2.24) is 9.78 Å². The van der Waals surface area contributed by atoms with Gasteiger partial charge in [0.1, 0.15) is 5.00 Å². The summed E-state index contributed by atoms with van der Waals surface area (Å²) in [4.78, 5) is 26.2. The van der Waals surface area contributed by atoms with Gasteiger partial charge in [-0.2, -0.15) is 5.10 Å². The van der Waals surface area contributed by atoms with Crippen LogP contribution in [0, 0.1) is 6.92 Å². The van der Waals surface area contributed by atoms with Crippen LogP contribution >= 0.6 is 11.3 Å². The Labute approximate surface area is 151 Å². The quantitative estimate of drug-likeness (QED) is 0.826. The van der Waals surface area contributed by atoms with Crippen LogP contribution in [0.5, 0.6) is 0 Å². The first kappa shape index (κ1) is 17.7. The van der Waals surface area contributed by atoms with E-state index >= 15 is 0 Å². The number of esters is 1. The lowest BCUT2D eigenvalue weighted by Crippen LogP contribution is -2.16. The van der Waals surface area contributed by atoms with Crippen molar-refractivity contribution in [2.75, 3.05) is 11.9 Å². The van der Waals surface area contributed by atoms with Crippen LogP contribution in [0.3, 0.4) is 0 Å². The topological polar surface area (TPSA) is 73.2 Å². The van der Waals surface area contributed by atoms with Gasteiger partial charge in [0.05, 0.1) is 12.2 Å². The molecule has 0 radical (unpaired) electrons. The first-order valence-corrected chi connectivity index (χ1v) is 9.54. The number of hydrogen-bond donors (Lipinski definition) is 1. The Kier molecular flexibility index (Phi) is 5.22. The zero-order valence-electron chi connectivity index (χ0n) is 14.8. The van der Waals surface area contributed by atoms with Crippen LogP contribution in [0.15, 0.2) is 6.07 Å². The highest BCUT2D eigenvalue weighted by Gasteiger charge is 2.27. The maximum absolute atomic E-state index is 12.6. The fraction of sp³-hybridized carbons (Fsp3) is 0.500. The number of fused-ring (bicyclic) bond motifs is 1. The van der Waals surface area contributed by atoms with E-state index in [-0.39, 0.29) is 11.9 Å². The van der Waals surface area contributed by atoms with Crippen LogP contribution in [0.25, 0.3) is 0 Å². The molecule has 0 saturated carbocycles. The van der Waals surface area contributed by atoms with E-state index in [9.17, 15) is 9.59 Å². The highest BCUT2D eigenvalue weighted by molar-refractivity contribution is 7.17. The number of nitrogens with zero attached hydrogens (tertiary/aromatic N) is 2. The van der Waals surface area contributed by atoms with Gasteiger partial charge in [0.15, 0.2) is 5.69 Å². The molecule has 25 heavy (non-hydrogen) atoms. The number of aryl methyl sites for hydroxylation is 3. The molecule has 1 amide bonds. The number of thiophene rings is 1. The number of ether oxygens (including phenoxy) is 1. The normalized spacial score (nSPS) is 13.4. The molecular formula is C18H23N3O3S. The molecule has 6 nitrogen and oxygen atoms in total. The summed E-state index contributed by atoms with van der Waals surface area (Å²) < 4.78 is 7.00. The lowest BCUT2D eigenvalue weighted by molar-refractivity contribution is 0.0526. The van der Waals surface area contributed by atoms with Gasteiger partial charge >= 0.3 is 5.97 Å². The molecule has 3 rings (SSSR count). The Bertz CT molecular complexity index is 807. The molecule has 0 unspecified atom stereocenters. The summed E-state index contributed by atoms with van der Waals surface area (Å²) >= 11 is 1.49. The molecule has 0 spiro atoms. The summed E-state index contributed by atoms with van der Waals surface area (Å²) in [6.07, 6.45) is 3.98. The summed E-state index contributed by atoms with van der Waals surface area (Å²) in [5, 5.41) is 7.78. The third-order valence-corrected chi connectivity index (χ3v) is 5.60. The number of carbonyl (C=O) groups is 2. The van der Waals surface area contributed by atoms with Gasteiger partial charge in [-0.05, 0) is 58.1 Å². The second-order valence-electron chi connectivity index (χ2n) is 6.08. The zero-order chi connectivity index (χ0) is 18.0. The summed E-state index contributed by atoms with van der Waals surface area (Å²) in [7, 11) is 0. The lowest BCUT2D eigenvalue weighted by atomic mass is 9.95. The van der Waals surface area contributed by atoms with Crippen LogP contribution in [-0.2, 0) is 24.1 Å². The van der Waals surface area contributed by atoms with E-state index in [1.165, 1.54) is 16.2 Å². The van der Waals surface area contributed by atoms with E-state index in [4.69, 9.17) is 4.74 Å². The molecule has 2 aromatic rings. The van der Waals surface area contributed by atoms with Crippen molar-refractivity contribution in [3.63, 3.8) is 0 Å². The van der Waals surface area contributed by atoms with E-state index in [0.29, 0.717) is 29.4 Å². The molecule has 134 valence electrons. The molecule has 1 N–H and O–H groups in total. The molecule has 7 heteroatoms. The van der Waals surface area contributed by atoms with Crippen LogP contribution in [0.4, 0.5) is 5.00 Å². The molecule has 0 atom stereocenters. The standard InChI is InChI=1S/C18H23N3O3S/c1-4-21-11(3)10-13(20-21)16(22)19-17-15(18(23)24-5-2)12-8-6-7-9-14(12)25-17/h10H,4-9H2,1-3H3,(H,19,22). The van der Waals surface area contributed by atoms with Crippen molar-refractivity contribution in [2.45, 2.75) is 53.0 Å². The highest BCUT2D eigenvalue weighted by Crippen LogP contribution is 2.38. The average molecular weight is 361 g/mol. The monoisotopic (exact) mass is 361 g/mol. The predicted molar refractivity (Wildman–Crippen MR) is 97.5 cm³/mol. The summed E-state index contributed by atoms with van der Waals surface area (Å²) in [6, 6.07) is 1.76. The third-order valence-electron chi connectivity index (χ3n) is 4.39. The molecular weight excluding hydrogens is 338 g/mol. The average Bonchev–Trinajstić information content (AvgIpc) is 3.14. The third kappa shape index (κ3) is 3.46. The van der Waals surface area contributed by atoms with Gasteiger partial charge in [-0.15, -0.1) is 11.3 Å². The largest absolute Gasteiger partial charge is 0.462 e. The first-order valence-electron chi connectivity index (χ1n) is 8.72. The van der Waals surface area contributed by atoms with Crippen molar-refractivity contribution in [3.05, 3.63) is 33.5 Å². The molecule has 1 aliphatic carbocycles. The van der Waals surface area contributed by atoms with Gasteiger partial charge in [0.2, 0.25) is 0 Å². The number of hydrogen-bond acceptors (Lipinski definition) is 5. The zero-order valence-corrected chi connectivity index (χ0v) is 15.7. The molecule has 0 saturated heterocycles. The highest BCUT2D eigenvalue weighted by atomic mass is 32.1. The Morgan fingerprint density at radius 1 is 1.32 bits per heavy atom. The smallest absolute Gasteiger partial charge is 0.341 e. The van der Waals surface area contributed by atoms with Crippen LogP contribution in [0.1, 0.15) is 63.7 Å². The molecule has 0 fully saturated rings.